The lowest BCUT2D eigenvalue weighted by molar-refractivity contribution is -0.122. The molecule has 3 amide bonds. The minimum Gasteiger partial charge on any atom is -0.467 e. The van der Waals surface area contributed by atoms with E-state index in [1.54, 1.807) is 41.7 Å². The van der Waals surface area contributed by atoms with Gasteiger partial charge in [-0.15, -0.1) is 0 Å². The summed E-state index contributed by atoms with van der Waals surface area (Å²) in [6.45, 7) is 1.26. The highest BCUT2D eigenvalue weighted by Gasteiger charge is 2.25. The third-order valence-corrected chi connectivity index (χ3v) is 3.97. The second-order valence-electron chi connectivity index (χ2n) is 5.80. The largest absolute Gasteiger partial charge is 0.467 e. The summed E-state index contributed by atoms with van der Waals surface area (Å²) in [6, 6.07) is 6.34. The maximum atomic E-state index is 12.7. The van der Waals surface area contributed by atoms with E-state index in [1.807, 2.05) is 0 Å². The molecule has 0 aliphatic carbocycles. The molecule has 0 saturated carbocycles. The smallest absolute Gasteiger partial charge is 0.318 e. The Bertz CT molecular complexity index is 615. The maximum absolute atomic E-state index is 12.7. The molecule has 1 atom stereocenters. The van der Waals surface area contributed by atoms with Crippen LogP contribution in [0, 0.1) is 0 Å². The number of urea groups is 1. The molecule has 0 aromatic carbocycles. The van der Waals surface area contributed by atoms with Crippen LogP contribution in [-0.2, 0) is 17.9 Å². The van der Waals surface area contributed by atoms with Crippen molar-refractivity contribution >= 4 is 11.9 Å². The summed E-state index contributed by atoms with van der Waals surface area (Å²) >= 11 is 0. The standard InChI is InChI=1S/C17H21N3O4/c21-16-15(7-1-2-8-18-16)19-17(22)20(11-13-5-3-9-23-13)12-14-6-4-10-24-14/h3-6,9-10,15H,1-2,7-8,11-12H2,(H,18,21)(H,19,22). The number of nitrogens with one attached hydrogen (secondary N) is 2. The van der Waals surface area contributed by atoms with Crippen molar-refractivity contribution in [1.29, 1.82) is 0 Å². The van der Waals surface area contributed by atoms with Crippen LogP contribution < -0.4 is 10.6 Å². The molecule has 7 nitrogen and oxygen atoms in total. The van der Waals surface area contributed by atoms with Crippen LogP contribution in [0.1, 0.15) is 30.8 Å². The van der Waals surface area contributed by atoms with Gasteiger partial charge in [0.15, 0.2) is 0 Å². The summed E-state index contributed by atoms with van der Waals surface area (Å²) in [4.78, 5) is 26.3. The van der Waals surface area contributed by atoms with Crippen molar-refractivity contribution in [3.8, 4) is 0 Å². The number of hydrogen-bond acceptors (Lipinski definition) is 4. The molecule has 1 aliphatic rings. The van der Waals surface area contributed by atoms with E-state index in [0.29, 0.717) is 37.6 Å². The number of carbonyl (C=O) groups is 2. The fourth-order valence-electron chi connectivity index (χ4n) is 2.70. The Morgan fingerprint density at radius 3 is 2.42 bits per heavy atom. The summed E-state index contributed by atoms with van der Waals surface area (Å²) in [7, 11) is 0. The SMILES string of the molecule is O=C1NCCCCC1NC(=O)N(Cc1ccco1)Cc1ccco1. The summed E-state index contributed by atoms with van der Waals surface area (Å²) in [5.74, 6) is 1.21. The van der Waals surface area contributed by atoms with Gasteiger partial charge < -0.3 is 24.4 Å². The third-order valence-electron chi connectivity index (χ3n) is 3.97. The van der Waals surface area contributed by atoms with Crippen LogP contribution in [0.4, 0.5) is 4.79 Å². The van der Waals surface area contributed by atoms with E-state index in [0.717, 1.165) is 12.8 Å². The van der Waals surface area contributed by atoms with Crippen molar-refractivity contribution in [2.45, 2.75) is 38.4 Å². The van der Waals surface area contributed by atoms with Gasteiger partial charge in [0, 0.05) is 6.54 Å². The highest BCUT2D eigenvalue weighted by molar-refractivity contribution is 5.87. The lowest BCUT2D eigenvalue weighted by Gasteiger charge is -2.24. The molecule has 0 spiro atoms. The fraction of sp³-hybridized carbons (Fsp3) is 0.412. The molecule has 0 radical (unpaired) electrons. The molecule has 128 valence electrons. The molecule has 24 heavy (non-hydrogen) atoms. The van der Waals surface area contributed by atoms with Gasteiger partial charge >= 0.3 is 6.03 Å². The van der Waals surface area contributed by atoms with Crippen molar-refractivity contribution in [3.63, 3.8) is 0 Å². The second-order valence-corrected chi connectivity index (χ2v) is 5.80. The zero-order chi connectivity index (χ0) is 16.8. The third kappa shape index (κ3) is 4.18. The number of rotatable bonds is 5. The molecule has 2 N–H and O–H groups in total. The number of hydrogen-bond donors (Lipinski definition) is 2. The van der Waals surface area contributed by atoms with Gasteiger partial charge in [-0.2, -0.15) is 0 Å². The first-order valence-electron chi connectivity index (χ1n) is 8.10. The number of nitrogens with zero attached hydrogens (tertiary/aromatic N) is 1. The van der Waals surface area contributed by atoms with Gasteiger partial charge in [-0.1, -0.05) is 0 Å². The van der Waals surface area contributed by atoms with E-state index in [2.05, 4.69) is 10.6 Å². The van der Waals surface area contributed by atoms with E-state index >= 15 is 0 Å². The second kappa shape index (κ2) is 7.72. The Labute approximate surface area is 140 Å². The van der Waals surface area contributed by atoms with E-state index in [1.165, 1.54) is 0 Å². The molecule has 1 fully saturated rings. The summed E-state index contributed by atoms with van der Waals surface area (Å²) in [5.41, 5.74) is 0. The maximum Gasteiger partial charge on any atom is 0.318 e. The van der Waals surface area contributed by atoms with Crippen molar-refractivity contribution in [1.82, 2.24) is 15.5 Å². The van der Waals surface area contributed by atoms with Crippen LogP contribution >= 0.6 is 0 Å². The average molecular weight is 331 g/mol. The minimum atomic E-state index is -0.504. The Kier molecular flexibility index (Phi) is 5.20. The highest BCUT2D eigenvalue weighted by atomic mass is 16.3. The van der Waals surface area contributed by atoms with Crippen LogP contribution in [0.5, 0.6) is 0 Å². The average Bonchev–Trinajstić information content (AvgIpc) is 3.23. The van der Waals surface area contributed by atoms with Gasteiger partial charge in [-0.3, -0.25) is 4.79 Å². The first-order chi connectivity index (χ1) is 11.7. The molecular formula is C17H21N3O4. The van der Waals surface area contributed by atoms with E-state index < -0.39 is 6.04 Å². The monoisotopic (exact) mass is 331 g/mol. The Morgan fingerprint density at radius 1 is 1.17 bits per heavy atom. The van der Waals surface area contributed by atoms with Crippen molar-refractivity contribution in [2.24, 2.45) is 0 Å². The normalized spacial score (nSPS) is 17.8. The molecule has 1 aliphatic heterocycles. The van der Waals surface area contributed by atoms with Crippen LogP contribution in [-0.4, -0.2) is 29.4 Å². The van der Waals surface area contributed by atoms with Crippen molar-refractivity contribution in [2.75, 3.05) is 6.54 Å². The molecule has 2 aromatic heterocycles. The minimum absolute atomic E-state index is 0.128. The Balaban J connectivity index is 1.68. The van der Waals surface area contributed by atoms with Crippen LogP contribution in [0.25, 0.3) is 0 Å². The molecule has 1 unspecified atom stereocenters. The van der Waals surface area contributed by atoms with Gasteiger partial charge in [0.2, 0.25) is 5.91 Å². The summed E-state index contributed by atoms with van der Waals surface area (Å²) in [6.07, 6.45) is 5.61. The lowest BCUT2D eigenvalue weighted by Crippen LogP contribution is -2.50. The van der Waals surface area contributed by atoms with Gasteiger partial charge in [0.1, 0.15) is 17.6 Å². The zero-order valence-corrected chi connectivity index (χ0v) is 13.4. The van der Waals surface area contributed by atoms with Crippen molar-refractivity contribution in [3.05, 3.63) is 48.3 Å². The number of carbonyl (C=O) groups excluding carboxylic acids is 2. The quantitative estimate of drug-likeness (QED) is 0.879. The van der Waals surface area contributed by atoms with Gasteiger partial charge in [-0.25, -0.2) is 4.79 Å². The highest BCUT2D eigenvalue weighted by Crippen LogP contribution is 2.13. The van der Waals surface area contributed by atoms with E-state index in [-0.39, 0.29) is 11.9 Å². The van der Waals surface area contributed by atoms with Crippen molar-refractivity contribution < 1.29 is 18.4 Å². The Morgan fingerprint density at radius 2 is 1.83 bits per heavy atom. The van der Waals surface area contributed by atoms with Crippen LogP contribution in [0.15, 0.2) is 45.6 Å². The first-order valence-corrected chi connectivity index (χ1v) is 8.10. The van der Waals surface area contributed by atoms with E-state index in [9.17, 15) is 9.59 Å². The van der Waals surface area contributed by atoms with E-state index in [4.69, 9.17) is 8.83 Å². The summed E-state index contributed by atoms with van der Waals surface area (Å²) < 4.78 is 10.7. The molecule has 0 bridgehead atoms. The first kappa shape index (κ1) is 16.2. The van der Waals surface area contributed by atoms with Gasteiger partial charge in [-0.05, 0) is 43.5 Å². The topological polar surface area (TPSA) is 87.7 Å². The molecule has 7 heteroatoms. The Hall–Kier alpha value is -2.70. The van der Waals surface area contributed by atoms with Gasteiger partial charge in [0.25, 0.3) is 0 Å². The lowest BCUT2D eigenvalue weighted by atomic mass is 10.1. The molecule has 1 saturated heterocycles. The van der Waals surface area contributed by atoms with Crippen LogP contribution in [0.3, 0.4) is 0 Å². The molecular weight excluding hydrogens is 310 g/mol. The summed E-state index contributed by atoms with van der Waals surface area (Å²) in [5, 5.41) is 5.65. The molecule has 2 aromatic rings. The predicted octanol–water partition coefficient (Wildman–Crippen LogP) is 2.25. The van der Waals surface area contributed by atoms with Gasteiger partial charge in [0.05, 0.1) is 25.6 Å². The molecule has 3 heterocycles. The fourth-order valence-corrected chi connectivity index (χ4v) is 2.70. The number of amides is 3. The zero-order valence-electron chi connectivity index (χ0n) is 13.4. The molecule has 3 rings (SSSR count). The number of furan rings is 2. The predicted molar refractivity (Wildman–Crippen MR) is 85.8 cm³/mol. The van der Waals surface area contributed by atoms with Crippen LogP contribution in [0.2, 0.25) is 0 Å².